The Morgan fingerprint density at radius 1 is 0.720 bits per heavy atom. The average Bonchev–Trinajstić information content (AvgIpc) is 2.64. The minimum absolute atomic E-state index is 0.721. The Balaban J connectivity index is 3.44. The molecule has 25 heavy (non-hydrogen) atoms. The normalized spacial score (nSPS) is 13.7. The molecule has 0 bridgehead atoms. The fourth-order valence-corrected chi connectivity index (χ4v) is 4.02. The fraction of sp³-hybridized carbons (Fsp3) is 0.957. The van der Waals surface area contributed by atoms with Crippen molar-refractivity contribution in [1.82, 2.24) is 0 Å². The number of quaternary nitrogens is 1. The van der Waals surface area contributed by atoms with E-state index in [9.17, 15) is 4.79 Å². The largest absolute Gasteiger partial charge is 0.332 e. The molecule has 0 amide bonds. The summed E-state index contributed by atoms with van der Waals surface area (Å²) >= 11 is 0. The van der Waals surface area contributed by atoms with Gasteiger partial charge in [0.25, 0.3) is 0 Å². The zero-order valence-electron chi connectivity index (χ0n) is 17.8. The summed E-state index contributed by atoms with van der Waals surface area (Å²) in [4.78, 5) is 12.2. The van der Waals surface area contributed by atoms with Gasteiger partial charge in [-0.3, -0.25) is 0 Å². The zero-order valence-corrected chi connectivity index (χ0v) is 17.8. The van der Waals surface area contributed by atoms with Crippen molar-refractivity contribution in [2.75, 3.05) is 13.1 Å². The number of aldehydes is 1. The van der Waals surface area contributed by atoms with Crippen LogP contribution in [0.5, 0.6) is 0 Å². The van der Waals surface area contributed by atoms with Crippen molar-refractivity contribution in [3.8, 4) is 0 Å². The topological polar surface area (TPSA) is 21.5 Å². The van der Waals surface area contributed by atoms with Crippen LogP contribution in [0, 0.1) is 0 Å². The first-order valence-corrected chi connectivity index (χ1v) is 11.6. The molecular weight excluding hydrogens is 306 g/mol. The molecule has 0 aliphatic carbocycles. The van der Waals surface area contributed by atoms with E-state index in [0.717, 1.165) is 31.8 Å². The Hall–Kier alpha value is -0.370. The average molecular weight is 355 g/mol. The van der Waals surface area contributed by atoms with Crippen LogP contribution < -0.4 is 4.90 Å². The van der Waals surface area contributed by atoms with Crippen LogP contribution in [0.2, 0.25) is 0 Å². The van der Waals surface area contributed by atoms with Gasteiger partial charge in [0, 0.05) is 0 Å². The Morgan fingerprint density at radius 3 is 1.60 bits per heavy atom. The number of unbranched alkanes of at least 4 members (excludes halogenated alkanes) is 12. The molecular formula is C23H48NO+. The van der Waals surface area contributed by atoms with E-state index in [1.165, 1.54) is 96.3 Å². The zero-order chi connectivity index (χ0) is 18.6. The summed E-state index contributed by atoms with van der Waals surface area (Å²) < 4.78 is 0. The van der Waals surface area contributed by atoms with E-state index in [2.05, 4.69) is 20.8 Å². The van der Waals surface area contributed by atoms with Crippen LogP contribution in [0.3, 0.4) is 0 Å². The second-order valence-electron chi connectivity index (χ2n) is 7.85. The minimum Gasteiger partial charge on any atom is -0.332 e. The van der Waals surface area contributed by atoms with Crippen molar-refractivity contribution < 1.29 is 9.69 Å². The van der Waals surface area contributed by atoms with Gasteiger partial charge in [0.1, 0.15) is 6.29 Å². The molecule has 2 atom stereocenters. The monoisotopic (exact) mass is 354 g/mol. The highest BCUT2D eigenvalue weighted by Crippen LogP contribution is 2.13. The van der Waals surface area contributed by atoms with Gasteiger partial charge >= 0.3 is 0 Å². The van der Waals surface area contributed by atoms with Gasteiger partial charge in [0.05, 0.1) is 25.6 Å². The van der Waals surface area contributed by atoms with Crippen LogP contribution in [0.25, 0.3) is 0 Å². The lowest BCUT2D eigenvalue weighted by molar-refractivity contribution is -0.923. The number of carbonyl (C=O) groups excluding carboxylic acids is 1. The van der Waals surface area contributed by atoms with Crippen LogP contribution in [0.15, 0.2) is 0 Å². The highest BCUT2D eigenvalue weighted by Gasteiger charge is 2.17. The van der Waals surface area contributed by atoms with Gasteiger partial charge in [-0.05, 0) is 26.2 Å². The van der Waals surface area contributed by atoms with E-state index in [0.29, 0.717) is 0 Å². The molecule has 0 aromatic rings. The molecule has 0 aliphatic heterocycles. The van der Waals surface area contributed by atoms with Gasteiger partial charge in [-0.2, -0.15) is 0 Å². The van der Waals surface area contributed by atoms with Crippen molar-refractivity contribution in [2.24, 2.45) is 0 Å². The van der Waals surface area contributed by atoms with E-state index in [1.807, 2.05) is 0 Å². The molecule has 0 fully saturated rings. The molecule has 0 rings (SSSR count). The number of rotatable bonds is 20. The summed E-state index contributed by atoms with van der Waals surface area (Å²) in [6, 6.07) is 0.762. The highest BCUT2D eigenvalue weighted by atomic mass is 16.1. The molecule has 0 heterocycles. The maximum absolute atomic E-state index is 10.6. The standard InChI is InChI=1S/C23H47NO/c1-4-7-8-9-10-11-12-13-14-15-16-17-18-20-23(5-2)24(6-3)21-19-22-25/h22-23H,4-21H2,1-3H3/p+1. The van der Waals surface area contributed by atoms with E-state index >= 15 is 0 Å². The first kappa shape index (κ1) is 24.6. The third-order valence-electron chi connectivity index (χ3n) is 5.76. The van der Waals surface area contributed by atoms with Crippen LogP contribution >= 0.6 is 0 Å². The molecule has 150 valence electrons. The van der Waals surface area contributed by atoms with Crippen molar-refractivity contribution in [2.45, 2.75) is 130 Å². The van der Waals surface area contributed by atoms with Crippen LogP contribution in [-0.2, 0) is 4.79 Å². The second-order valence-corrected chi connectivity index (χ2v) is 7.85. The second kappa shape index (κ2) is 19.9. The molecule has 2 heteroatoms. The molecule has 0 radical (unpaired) electrons. The Morgan fingerprint density at radius 2 is 1.20 bits per heavy atom. The summed E-state index contributed by atoms with van der Waals surface area (Å²) in [5.74, 6) is 0. The van der Waals surface area contributed by atoms with Gasteiger partial charge < -0.3 is 9.69 Å². The maximum atomic E-state index is 10.6. The fourth-order valence-electron chi connectivity index (χ4n) is 4.02. The molecule has 0 spiro atoms. The van der Waals surface area contributed by atoms with Gasteiger partial charge in [0.15, 0.2) is 0 Å². The summed E-state index contributed by atoms with van der Waals surface area (Å²) in [7, 11) is 0. The number of nitrogens with one attached hydrogen (secondary N) is 1. The number of carbonyl (C=O) groups is 1. The predicted molar refractivity (Wildman–Crippen MR) is 111 cm³/mol. The molecule has 0 aromatic carbocycles. The Bertz CT molecular complexity index is 267. The third kappa shape index (κ3) is 15.6. The van der Waals surface area contributed by atoms with Crippen molar-refractivity contribution in [1.29, 1.82) is 0 Å². The van der Waals surface area contributed by atoms with E-state index in [4.69, 9.17) is 0 Å². The number of hydrogen-bond acceptors (Lipinski definition) is 1. The molecule has 0 aliphatic rings. The first-order chi connectivity index (χ1) is 12.3. The summed E-state index contributed by atoms with van der Waals surface area (Å²) in [6.07, 6.45) is 23.0. The van der Waals surface area contributed by atoms with Crippen molar-refractivity contribution >= 4 is 6.29 Å². The molecule has 2 nitrogen and oxygen atoms in total. The summed E-state index contributed by atoms with van der Waals surface area (Å²) in [6.45, 7) is 9.04. The third-order valence-corrected chi connectivity index (χ3v) is 5.76. The smallest absolute Gasteiger partial charge is 0.125 e. The molecule has 1 N–H and O–H groups in total. The molecule has 0 saturated carbocycles. The lowest BCUT2D eigenvalue weighted by atomic mass is 10.0. The van der Waals surface area contributed by atoms with Crippen molar-refractivity contribution in [3.63, 3.8) is 0 Å². The predicted octanol–water partition coefficient (Wildman–Crippen LogP) is 5.74. The summed E-state index contributed by atoms with van der Waals surface area (Å²) in [5.41, 5.74) is 0. The first-order valence-electron chi connectivity index (χ1n) is 11.6. The Kier molecular flexibility index (Phi) is 19.7. The lowest BCUT2D eigenvalue weighted by Crippen LogP contribution is -3.15. The van der Waals surface area contributed by atoms with Crippen molar-refractivity contribution in [3.05, 3.63) is 0 Å². The van der Waals surface area contributed by atoms with E-state index in [1.54, 1.807) is 4.90 Å². The van der Waals surface area contributed by atoms with Gasteiger partial charge in [-0.1, -0.05) is 90.9 Å². The minimum atomic E-state index is 0.721. The SMILES string of the molecule is CCCCCCCCCCCCCCCC(CC)[NH+](CC)CCC=O. The summed E-state index contributed by atoms with van der Waals surface area (Å²) in [5, 5.41) is 0. The number of hydrogen-bond donors (Lipinski definition) is 1. The van der Waals surface area contributed by atoms with Gasteiger partial charge in [-0.25, -0.2) is 0 Å². The van der Waals surface area contributed by atoms with Crippen LogP contribution in [0.1, 0.15) is 124 Å². The maximum Gasteiger partial charge on any atom is 0.125 e. The lowest BCUT2D eigenvalue weighted by Gasteiger charge is -2.26. The highest BCUT2D eigenvalue weighted by molar-refractivity contribution is 5.49. The Labute approximate surface area is 159 Å². The van der Waals surface area contributed by atoms with Gasteiger partial charge in [-0.15, -0.1) is 0 Å². The van der Waals surface area contributed by atoms with Crippen LogP contribution in [-0.4, -0.2) is 25.4 Å². The molecule has 0 aromatic heterocycles. The van der Waals surface area contributed by atoms with Crippen LogP contribution in [0.4, 0.5) is 0 Å². The molecule has 2 unspecified atom stereocenters. The quantitative estimate of drug-likeness (QED) is 0.218. The van der Waals surface area contributed by atoms with Gasteiger partial charge in [0.2, 0.25) is 0 Å². The van der Waals surface area contributed by atoms with E-state index in [-0.39, 0.29) is 0 Å². The van der Waals surface area contributed by atoms with E-state index < -0.39 is 0 Å². The molecule has 0 saturated heterocycles.